The Bertz CT molecular complexity index is 497. The molecule has 2 aliphatic rings. The summed E-state index contributed by atoms with van der Waals surface area (Å²) < 4.78 is 0. The first-order valence-corrected chi connectivity index (χ1v) is 8.37. The first-order valence-electron chi connectivity index (χ1n) is 7.39. The van der Waals surface area contributed by atoms with Crippen LogP contribution in [-0.2, 0) is 4.79 Å². The van der Waals surface area contributed by atoms with Gasteiger partial charge in [0.2, 0.25) is 5.91 Å². The van der Waals surface area contributed by atoms with E-state index in [2.05, 4.69) is 11.4 Å². The van der Waals surface area contributed by atoms with Crippen LogP contribution >= 0.6 is 11.8 Å². The van der Waals surface area contributed by atoms with Crippen LogP contribution in [0.2, 0.25) is 0 Å². The second kappa shape index (κ2) is 5.78. The van der Waals surface area contributed by atoms with Crippen molar-refractivity contribution in [2.75, 3.05) is 12.4 Å². The molecule has 1 heterocycles. The standard InChI is InChI=1S/C16H21NO2S/c18-11-16(8-4-1-5-9-16)17-15(19)13-10-20-14-7-3-2-6-12(13)14/h2-3,6-7,13,18H,1,4-5,8-11H2,(H,17,19). The molecule has 3 rings (SSSR count). The molecule has 1 atom stereocenters. The van der Waals surface area contributed by atoms with E-state index >= 15 is 0 Å². The Kier molecular flexibility index (Phi) is 4.03. The summed E-state index contributed by atoms with van der Waals surface area (Å²) in [6, 6.07) is 8.14. The predicted molar refractivity (Wildman–Crippen MR) is 81.0 cm³/mol. The third-order valence-corrected chi connectivity index (χ3v) is 5.70. The van der Waals surface area contributed by atoms with Crippen molar-refractivity contribution < 1.29 is 9.90 Å². The molecule has 1 aliphatic carbocycles. The average Bonchev–Trinajstić information content (AvgIpc) is 2.92. The van der Waals surface area contributed by atoms with Crippen molar-refractivity contribution in [3.8, 4) is 0 Å². The van der Waals surface area contributed by atoms with Crippen LogP contribution in [0.1, 0.15) is 43.6 Å². The maximum Gasteiger partial charge on any atom is 0.228 e. The molecule has 0 radical (unpaired) electrons. The normalized spacial score (nSPS) is 24.1. The van der Waals surface area contributed by atoms with E-state index in [9.17, 15) is 9.90 Å². The molecule has 0 spiro atoms. The lowest BCUT2D eigenvalue weighted by Gasteiger charge is -2.37. The summed E-state index contributed by atoms with van der Waals surface area (Å²) in [7, 11) is 0. The molecule has 1 saturated carbocycles. The Balaban J connectivity index is 1.74. The van der Waals surface area contributed by atoms with Crippen LogP contribution in [0.25, 0.3) is 0 Å². The quantitative estimate of drug-likeness (QED) is 0.900. The zero-order valence-electron chi connectivity index (χ0n) is 11.6. The molecule has 3 nitrogen and oxygen atoms in total. The smallest absolute Gasteiger partial charge is 0.228 e. The van der Waals surface area contributed by atoms with Crippen molar-refractivity contribution in [1.82, 2.24) is 5.32 Å². The van der Waals surface area contributed by atoms with Gasteiger partial charge in [0.15, 0.2) is 0 Å². The van der Waals surface area contributed by atoms with Crippen molar-refractivity contribution in [3.05, 3.63) is 29.8 Å². The predicted octanol–water partition coefficient (Wildman–Crippen LogP) is 2.69. The van der Waals surface area contributed by atoms with Gasteiger partial charge in [-0.3, -0.25) is 4.79 Å². The van der Waals surface area contributed by atoms with Gasteiger partial charge in [-0.25, -0.2) is 0 Å². The number of aliphatic hydroxyl groups is 1. The van der Waals surface area contributed by atoms with E-state index in [1.807, 2.05) is 18.2 Å². The molecule has 20 heavy (non-hydrogen) atoms. The third kappa shape index (κ3) is 2.59. The Morgan fingerprint density at radius 3 is 2.80 bits per heavy atom. The summed E-state index contributed by atoms with van der Waals surface area (Å²) in [5.41, 5.74) is 0.760. The first kappa shape index (κ1) is 14.0. The van der Waals surface area contributed by atoms with Crippen LogP contribution in [0.4, 0.5) is 0 Å². The van der Waals surface area contributed by atoms with E-state index in [0.717, 1.165) is 37.0 Å². The highest BCUT2D eigenvalue weighted by molar-refractivity contribution is 7.99. The van der Waals surface area contributed by atoms with Gasteiger partial charge in [0.05, 0.1) is 18.1 Å². The second-order valence-electron chi connectivity index (χ2n) is 5.89. The number of aliphatic hydroxyl groups excluding tert-OH is 1. The molecule has 4 heteroatoms. The van der Waals surface area contributed by atoms with Crippen molar-refractivity contribution in [3.63, 3.8) is 0 Å². The monoisotopic (exact) mass is 291 g/mol. The van der Waals surface area contributed by atoms with E-state index < -0.39 is 0 Å². The number of rotatable bonds is 3. The molecular formula is C16H21NO2S. The van der Waals surface area contributed by atoms with Crippen molar-refractivity contribution in [1.29, 1.82) is 0 Å². The maximum atomic E-state index is 12.6. The number of hydrogen-bond acceptors (Lipinski definition) is 3. The molecule has 1 unspecified atom stereocenters. The van der Waals surface area contributed by atoms with Gasteiger partial charge < -0.3 is 10.4 Å². The largest absolute Gasteiger partial charge is 0.394 e. The lowest BCUT2D eigenvalue weighted by molar-refractivity contribution is -0.125. The van der Waals surface area contributed by atoms with E-state index in [1.54, 1.807) is 11.8 Å². The topological polar surface area (TPSA) is 49.3 Å². The fourth-order valence-electron chi connectivity index (χ4n) is 3.28. The van der Waals surface area contributed by atoms with Crippen LogP contribution in [0.3, 0.4) is 0 Å². The van der Waals surface area contributed by atoms with Crippen LogP contribution in [0.15, 0.2) is 29.2 Å². The minimum absolute atomic E-state index is 0.0558. The van der Waals surface area contributed by atoms with E-state index in [4.69, 9.17) is 0 Å². The Hall–Kier alpha value is -1.00. The van der Waals surface area contributed by atoms with Crippen LogP contribution < -0.4 is 5.32 Å². The zero-order valence-corrected chi connectivity index (χ0v) is 12.4. The maximum absolute atomic E-state index is 12.6. The third-order valence-electron chi connectivity index (χ3n) is 4.52. The van der Waals surface area contributed by atoms with Gasteiger partial charge in [0.1, 0.15) is 0 Å². The fourth-order valence-corrected chi connectivity index (χ4v) is 4.51. The summed E-state index contributed by atoms with van der Waals surface area (Å²) >= 11 is 1.75. The van der Waals surface area contributed by atoms with E-state index in [0.29, 0.717) is 0 Å². The van der Waals surface area contributed by atoms with Crippen molar-refractivity contribution >= 4 is 17.7 Å². The highest BCUT2D eigenvalue weighted by atomic mass is 32.2. The molecule has 1 aromatic carbocycles. The molecule has 0 bridgehead atoms. The summed E-state index contributed by atoms with van der Waals surface area (Å²) in [6.07, 6.45) is 5.20. The molecule has 2 N–H and O–H groups in total. The highest BCUT2D eigenvalue weighted by Crippen LogP contribution is 2.40. The fraction of sp³-hybridized carbons (Fsp3) is 0.562. The summed E-state index contributed by atoms with van der Waals surface area (Å²) in [5, 5.41) is 12.9. The van der Waals surface area contributed by atoms with Gasteiger partial charge in [-0.05, 0) is 24.5 Å². The molecule has 0 saturated heterocycles. The summed E-state index contributed by atoms with van der Waals surface area (Å²) in [4.78, 5) is 13.8. The molecule has 1 aliphatic heterocycles. The van der Waals surface area contributed by atoms with Gasteiger partial charge in [-0.2, -0.15) is 0 Å². The van der Waals surface area contributed by atoms with Crippen LogP contribution in [0, 0.1) is 0 Å². The summed E-state index contributed by atoms with van der Waals surface area (Å²) in [6.45, 7) is 0.0558. The van der Waals surface area contributed by atoms with Crippen molar-refractivity contribution in [2.45, 2.75) is 48.5 Å². The number of fused-ring (bicyclic) bond motifs is 1. The number of thioether (sulfide) groups is 1. The first-order chi connectivity index (χ1) is 9.74. The molecule has 1 amide bonds. The molecule has 0 aromatic heterocycles. The van der Waals surface area contributed by atoms with Gasteiger partial charge >= 0.3 is 0 Å². The zero-order chi connectivity index (χ0) is 14.0. The van der Waals surface area contributed by atoms with Crippen LogP contribution in [-0.4, -0.2) is 28.9 Å². The number of hydrogen-bond donors (Lipinski definition) is 2. The average molecular weight is 291 g/mol. The lowest BCUT2D eigenvalue weighted by Crippen LogP contribution is -2.53. The molecule has 108 valence electrons. The van der Waals surface area contributed by atoms with Gasteiger partial charge in [0.25, 0.3) is 0 Å². The van der Waals surface area contributed by atoms with Crippen molar-refractivity contribution in [2.24, 2.45) is 0 Å². The molecule has 1 aromatic rings. The molecular weight excluding hydrogens is 270 g/mol. The summed E-state index contributed by atoms with van der Waals surface area (Å²) in [5.74, 6) is 0.826. The van der Waals surface area contributed by atoms with Crippen LogP contribution in [0.5, 0.6) is 0 Å². The minimum Gasteiger partial charge on any atom is -0.394 e. The minimum atomic E-state index is -0.377. The molecule has 1 fully saturated rings. The number of carbonyl (C=O) groups excluding carboxylic acids is 1. The number of benzene rings is 1. The number of carbonyl (C=O) groups is 1. The van der Waals surface area contributed by atoms with Gasteiger partial charge in [-0.1, -0.05) is 37.5 Å². The Labute approximate surface area is 124 Å². The van der Waals surface area contributed by atoms with Gasteiger partial charge in [0, 0.05) is 10.6 Å². The number of amides is 1. The van der Waals surface area contributed by atoms with E-state index in [-0.39, 0.29) is 24.0 Å². The Morgan fingerprint density at radius 1 is 1.30 bits per heavy atom. The Morgan fingerprint density at radius 2 is 2.05 bits per heavy atom. The van der Waals surface area contributed by atoms with E-state index in [1.165, 1.54) is 11.3 Å². The highest BCUT2D eigenvalue weighted by Gasteiger charge is 2.37. The number of nitrogens with one attached hydrogen (secondary N) is 1. The SMILES string of the molecule is O=C(NC1(CO)CCCCC1)C1CSc2ccccc21. The second-order valence-corrected chi connectivity index (χ2v) is 6.95. The lowest BCUT2D eigenvalue weighted by atomic mass is 9.81. The van der Waals surface area contributed by atoms with Gasteiger partial charge in [-0.15, -0.1) is 11.8 Å².